The van der Waals surface area contributed by atoms with Gasteiger partial charge in [0.1, 0.15) is 5.82 Å². The van der Waals surface area contributed by atoms with Crippen LogP contribution in [-0.2, 0) is 9.53 Å². The van der Waals surface area contributed by atoms with Gasteiger partial charge >= 0.3 is 5.97 Å². The molecule has 1 aliphatic rings. The zero-order valence-corrected chi connectivity index (χ0v) is 15.1. The first kappa shape index (κ1) is 19.2. The summed E-state index contributed by atoms with van der Waals surface area (Å²) in [7, 11) is 0. The zero-order valence-electron chi connectivity index (χ0n) is 15.1. The summed E-state index contributed by atoms with van der Waals surface area (Å²) in [6.45, 7) is 7.02. The molecule has 1 atom stereocenters. The van der Waals surface area contributed by atoms with Crippen LogP contribution < -0.4 is 10.6 Å². The van der Waals surface area contributed by atoms with Crippen molar-refractivity contribution in [3.05, 3.63) is 23.9 Å². The number of carbonyl (C=O) groups is 2. The van der Waals surface area contributed by atoms with Gasteiger partial charge in [-0.2, -0.15) is 0 Å². The highest BCUT2D eigenvalue weighted by atomic mass is 16.5. The minimum Gasteiger partial charge on any atom is -0.462 e. The number of hydrogen-bond donors (Lipinski definition) is 1. The van der Waals surface area contributed by atoms with Gasteiger partial charge in [0.25, 0.3) is 0 Å². The summed E-state index contributed by atoms with van der Waals surface area (Å²) in [5, 5.41) is 0. The summed E-state index contributed by atoms with van der Waals surface area (Å²) in [6, 6.07) is 3.15. The Morgan fingerprint density at radius 1 is 1.24 bits per heavy atom. The number of rotatable bonds is 6. The van der Waals surface area contributed by atoms with Crippen LogP contribution in [0, 0.1) is 0 Å². The fraction of sp³-hybridized carbons (Fsp3) is 0.611. The molecule has 7 heteroatoms. The smallest absolute Gasteiger partial charge is 0.339 e. The monoisotopic (exact) mass is 348 g/mol. The minimum absolute atomic E-state index is 0.0364. The second-order valence-corrected chi connectivity index (χ2v) is 6.19. The lowest BCUT2D eigenvalue weighted by molar-refractivity contribution is -0.132. The summed E-state index contributed by atoms with van der Waals surface area (Å²) in [4.78, 5) is 32.4. The van der Waals surface area contributed by atoms with Crippen LogP contribution in [0.5, 0.6) is 0 Å². The Labute approximate surface area is 149 Å². The molecular weight excluding hydrogens is 320 g/mol. The molecule has 0 saturated carbocycles. The predicted octanol–water partition coefficient (Wildman–Crippen LogP) is 1.42. The molecule has 1 fully saturated rings. The van der Waals surface area contributed by atoms with E-state index in [2.05, 4.69) is 9.88 Å². The highest BCUT2D eigenvalue weighted by molar-refractivity contribution is 5.89. The molecule has 7 nitrogen and oxygen atoms in total. The third-order valence-corrected chi connectivity index (χ3v) is 4.31. The second-order valence-electron chi connectivity index (χ2n) is 6.19. The Morgan fingerprint density at radius 2 is 2.04 bits per heavy atom. The van der Waals surface area contributed by atoms with Gasteiger partial charge in [0.05, 0.1) is 18.2 Å². The minimum atomic E-state index is -0.404. The van der Waals surface area contributed by atoms with E-state index in [4.69, 9.17) is 10.5 Å². The number of nitrogens with zero attached hydrogens (tertiary/aromatic N) is 3. The van der Waals surface area contributed by atoms with Gasteiger partial charge in [-0.25, -0.2) is 9.78 Å². The third-order valence-electron chi connectivity index (χ3n) is 4.31. The van der Waals surface area contributed by atoms with E-state index in [9.17, 15) is 9.59 Å². The maximum atomic E-state index is 12.4. The van der Waals surface area contributed by atoms with E-state index in [0.29, 0.717) is 31.8 Å². The molecule has 1 saturated heterocycles. The maximum absolute atomic E-state index is 12.4. The van der Waals surface area contributed by atoms with Crippen molar-refractivity contribution in [2.24, 2.45) is 5.73 Å². The topological polar surface area (TPSA) is 88.8 Å². The number of anilines is 1. The quantitative estimate of drug-likeness (QED) is 0.782. The van der Waals surface area contributed by atoms with Gasteiger partial charge in [-0.05, 0) is 31.9 Å². The number of hydrogen-bond acceptors (Lipinski definition) is 6. The highest BCUT2D eigenvalue weighted by Gasteiger charge is 2.23. The summed E-state index contributed by atoms with van der Waals surface area (Å²) in [5.74, 6) is 0.480. The van der Waals surface area contributed by atoms with E-state index >= 15 is 0 Å². The lowest BCUT2D eigenvalue weighted by atomic mass is 10.1. The molecule has 1 unspecified atom stereocenters. The van der Waals surface area contributed by atoms with Crippen LogP contribution in [0.4, 0.5) is 5.82 Å². The Kier molecular flexibility index (Phi) is 7.18. The van der Waals surface area contributed by atoms with Crippen LogP contribution in [0.25, 0.3) is 0 Å². The number of pyridine rings is 1. The van der Waals surface area contributed by atoms with Gasteiger partial charge in [-0.3, -0.25) is 4.79 Å². The van der Waals surface area contributed by atoms with Crippen molar-refractivity contribution >= 4 is 17.7 Å². The molecule has 0 spiro atoms. The molecule has 1 aliphatic heterocycles. The highest BCUT2D eigenvalue weighted by Crippen LogP contribution is 2.15. The summed E-state index contributed by atoms with van der Waals surface area (Å²) in [5.41, 5.74) is 6.41. The fourth-order valence-electron chi connectivity index (χ4n) is 2.94. The van der Waals surface area contributed by atoms with Crippen LogP contribution in [0.2, 0.25) is 0 Å². The van der Waals surface area contributed by atoms with Crippen LogP contribution in [-0.4, -0.2) is 60.6 Å². The van der Waals surface area contributed by atoms with Crippen LogP contribution >= 0.6 is 0 Å². The molecule has 1 amide bonds. The molecule has 2 rings (SSSR count). The van der Waals surface area contributed by atoms with Crippen molar-refractivity contribution < 1.29 is 14.3 Å². The molecule has 0 aliphatic carbocycles. The predicted molar refractivity (Wildman–Crippen MR) is 96.5 cm³/mol. The van der Waals surface area contributed by atoms with Gasteiger partial charge in [-0.15, -0.1) is 0 Å². The molecule has 138 valence electrons. The van der Waals surface area contributed by atoms with E-state index in [1.165, 1.54) is 6.20 Å². The lowest BCUT2D eigenvalue weighted by Gasteiger charge is -2.25. The van der Waals surface area contributed by atoms with E-state index in [0.717, 1.165) is 31.6 Å². The molecule has 2 heterocycles. The summed E-state index contributed by atoms with van der Waals surface area (Å²) >= 11 is 0. The molecule has 1 aromatic heterocycles. The van der Waals surface area contributed by atoms with Crippen molar-refractivity contribution in [1.82, 2.24) is 9.88 Å². The number of ether oxygens (including phenoxy) is 1. The van der Waals surface area contributed by atoms with Gasteiger partial charge in [0, 0.05) is 32.4 Å². The second kappa shape index (κ2) is 9.36. The first-order valence-electron chi connectivity index (χ1n) is 8.99. The first-order chi connectivity index (χ1) is 12.1. The molecule has 0 aromatic carbocycles. The number of aromatic nitrogens is 1. The van der Waals surface area contributed by atoms with Gasteiger partial charge in [0.15, 0.2) is 0 Å². The van der Waals surface area contributed by atoms with Crippen LogP contribution in [0.3, 0.4) is 0 Å². The maximum Gasteiger partial charge on any atom is 0.339 e. The Hall–Kier alpha value is -2.15. The number of carbonyl (C=O) groups excluding carboxylic acids is 2. The standard InChI is InChI=1S/C18H28N4O3/c1-3-6-15(19)17(23)22-10-5-9-21(11-12-22)16-8-7-14(13-20-16)18(24)25-4-2/h7-8,13,15H,3-6,9-12,19H2,1-2H3. The summed E-state index contributed by atoms with van der Waals surface area (Å²) in [6.07, 6.45) is 4.03. The van der Waals surface area contributed by atoms with Crippen LogP contribution in [0.1, 0.15) is 43.5 Å². The molecule has 1 aromatic rings. The third kappa shape index (κ3) is 5.16. The summed E-state index contributed by atoms with van der Waals surface area (Å²) < 4.78 is 4.97. The first-order valence-corrected chi connectivity index (χ1v) is 8.99. The molecule has 25 heavy (non-hydrogen) atoms. The van der Waals surface area contributed by atoms with Gasteiger partial charge in [-0.1, -0.05) is 13.3 Å². The average molecular weight is 348 g/mol. The van der Waals surface area contributed by atoms with Crippen molar-refractivity contribution in [2.75, 3.05) is 37.7 Å². The average Bonchev–Trinajstić information content (AvgIpc) is 2.88. The zero-order chi connectivity index (χ0) is 18.2. The Morgan fingerprint density at radius 3 is 2.68 bits per heavy atom. The number of esters is 1. The van der Waals surface area contributed by atoms with Crippen LogP contribution in [0.15, 0.2) is 18.3 Å². The Bertz CT molecular complexity index is 576. The molecule has 2 N–H and O–H groups in total. The molecule has 0 bridgehead atoms. The van der Waals surface area contributed by atoms with Crippen molar-refractivity contribution in [3.63, 3.8) is 0 Å². The van der Waals surface area contributed by atoms with E-state index in [1.54, 1.807) is 13.0 Å². The van der Waals surface area contributed by atoms with E-state index < -0.39 is 6.04 Å². The molecule has 0 radical (unpaired) electrons. The van der Waals surface area contributed by atoms with Crippen molar-refractivity contribution in [3.8, 4) is 0 Å². The normalized spacial score (nSPS) is 16.3. The van der Waals surface area contributed by atoms with E-state index in [-0.39, 0.29) is 11.9 Å². The Balaban J connectivity index is 1.96. The van der Waals surface area contributed by atoms with Gasteiger partial charge < -0.3 is 20.3 Å². The lowest BCUT2D eigenvalue weighted by Crippen LogP contribution is -2.45. The fourth-order valence-corrected chi connectivity index (χ4v) is 2.94. The van der Waals surface area contributed by atoms with Crippen molar-refractivity contribution in [2.45, 2.75) is 39.2 Å². The SMILES string of the molecule is CCCC(N)C(=O)N1CCCN(c2ccc(C(=O)OCC)cn2)CC1. The largest absolute Gasteiger partial charge is 0.462 e. The van der Waals surface area contributed by atoms with Gasteiger partial charge in [0.2, 0.25) is 5.91 Å². The number of nitrogens with two attached hydrogens (primary N) is 1. The number of amides is 1. The van der Waals surface area contributed by atoms with Crippen molar-refractivity contribution in [1.29, 1.82) is 0 Å². The van der Waals surface area contributed by atoms with E-state index in [1.807, 2.05) is 17.9 Å². The molecular formula is C18H28N4O3.